The molecule has 0 fully saturated rings. The third-order valence-corrected chi connectivity index (χ3v) is 4.04. The molecule has 1 rings (SSSR count). The Morgan fingerprint density at radius 2 is 2.06 bits per heavy atom. The molecule has 0 aromatic heterocycles. The van der Waals surface area contributed by atoms with E-state index < -0.39 is 10.0 Å². The molecule has 5 nitrogen and oxygen atoms in total. The van der Waals surface area contributed by atoms with E-state index in [1.54, 1.807) is 24.3 Å². The van der Waals surface area contributed by atoms with Crippen molar-refractivity contribution in [2.24, 2.45) is 0 Å². The minimum absolute atomic E-state index is 0.0623. The highest BCUT2D eigenvalue weighted by atomic mass is 32.2. The highest BCUT2D eigenvalue weighted by molar-refractivity contribution is 7.89. The SMILES string of the molecule is CN(C)S(=O)(=O)CCOc1cccc(CO)c1. The van der Waals surface area contributed by atoms with Crippen molar-refractivity contribution in [3.8, 4) is 5.75 Å². The number of rotatable bonds is 6. The summed E-state index contributed by atoms with van der Waals surface area (Å²) in [5.41, 5.74) is 0.734. The van der Waals surface area contributed by atoms with Crippen LogP contribution in [0.2, 0.25) is 0 Å². The zero-order chi connectivity index (χ0) is 12.9. The smallest absolute Gasteiger partial charge is 0.216 e. The van der Waals surface area contributed by atoms with Gasteiger partial charge < -0.3 is 9.84 Å². The first-order valence-corrected chi connectivity index (χ1v) is 6.79. The van der Waals surface area contributed by atoms with Crippen LogP contribution in [-0.4, -0.2) is 44.3 Å². The van der Waals surface area contributed by atoms with Crippen molar-refractivity contribution in [2.75, 3.05) is 26.5 Å². The van der Waals surface area contributed by atoms with Crippen molar-refractivity contribution in [2.45, 2.75) is 6.61 Å². The lowest BCUT2D eigenvalue weighted by molar-refractivity contribution is 0.280. The van der Waals surface area contributed by atoms with Gasteiger partial charge >= 0.3 is 0 Å². The van der Waals surface area contributed by atoms with Crippen LogP contribution in [0.5, 0.6) is 5.75 Å². The predicted octanol–water partition coefficient (Wildman–Crippen LogP) is 0.449. The van der Waals surface area contributed by atoms with Crippen molar-refractivity contribution >= 4 is 10.0 Å². The van der Waals surface area contributed by atoms with E-state index in [1.165, 1.54) is 18.4 Å². The number of nitrogens with zero attached hydrogens (tertiary/aromatic N) is 1. The van der Waals surface area contributed by atoms with Crippen molar-refractivity contribution in [3.05, 3.63) is 29.8 Å². The fraction of sp³-hybridized carbons (Fsp3) is 0.455. The van der Waals surface area contributed by atoms with E-state index in [0.717, 1.165) is 5.56 Å². The molecule has 17 heavy (non-hydrogen) atoms. The third kappa shape index (κ3) is 4.33. The summed E-state index contributed by atoms with van der Waals surface area (Å²) in [6.07, 6.45) is 0. The average molecular weight is 259 g/mol. The van der Waals surface area contributed by atoms with Crippen LogP contribution in [-0.2, 0) is 16.6 Å². The summed E-state index contributed by atoms with van der Waals surface area (Å²) in [6.45, 7) is 0.0303. The quantitative estimate of drug-likeness (QED) is 0.805. The Hall–Kier alpha value is -1.11. The topological polar surface area (TPSA) is 66.8 Å². The maximum absolute atomic E-state index is 11.4. The molecule has 0 atom stereocenters. The molecular weight excluding hydrogens is 242 g/mol. The third-order valence-electron chi connectivity index (χ3n) is 2.25. The average Bonchev–Trinajstić information content (AvgIpc) is 2.29. The van der Waals surface area contributed by atoms with E-state index in [-0.39, 0.29) is 19.0 Å². The van der Waals surface area contributed by atoms with Crippen LogP contribution < -0.4 is 4.74 Å². The van der Waals surface area contributed by atoms with Gasteiger partial charge in [-0.3, -0.25) is 0 Å². The normalized spacial score (nSPS) is 11.8. The molecule has 0 unspecified atom stereocenters. The summed E-state index contributed by atoms with van der Waals surface area (Å²) in [5.74, 6) is 0.495. The number of hydrogen-bond donors (Lipinski definition) is 1. The Balaban J connectivity index is 2.51. The van der Waals surface area contributed by atoms with Crippen LogP contribution in [0.25, 0.3) is 0 Å². The van der Waals surface area contributed by atoms with Gasteiger partial charge in [-0.15, -0.1) is 0 Å². The minimum Gasteiger partial charge on any atom is -0.492 e. The second-order valence-electron chi connectivity index (χ2n) is 3.75. The molecule has 0 aliphatic rings. The lowest BCUT2D eigenvalue weighted by Crippen LogP contribution is -2.27. The number of benzene rings is 1. The second-order valence-corrected chi connectivity index (χ2v) is 6.05. The standard InChI is InChI=1S/C11H17NO4S/c1-12(2)17(14,15)7-6-16-11-5-3-4-10(8-11)9-13/h3-5,8,13H,6-7,9H2,1-2H3. The first-order chi connectivity index (χ1) is 7.95. The fourth-order valence-electron chi connectivity index (χ4n) is 1.18. The first-order valence-electron chi connectivity index (χ1n) is 5.18. The molecule has 0 saturated heterocycles. The summed E-state index contributed by atoms with van der Waals surface area (Å²) in [4.78, 5) is 0. The van der Waals surface area contributed by atoms with Crippen molar-refractivity contribution in [1.29, 1.82) is 0 Å². The minimum atomic E-state index is -3.23. The molecule has 6 heteroatoms. The molecule has 1 aromatic rings. The van der Waals surface area contributed by atoms with Gasteiger partial charge in [0, 0.05) is 14.1 Å². The Bertz CT molecular complexity index is 456. The van der Waals surface area contributed by atoms with E-state index in [0.29, 0.717) is 5.75 Å². The van der Waals surface area contributed by atoms with Crippen LogP contribution in [0.15, 0.2) is 24.3 Å². The highest BCUT2D eigenvalue weighted by Crippen LogP contribution is 2.13. The molecule has 1 aromatic carbocycles. The van der Waals surface area contributed by atoms with Crippen molar-refractivity contribution < 1.29 is 18.3 Å². The molecule has 96 valence electrons. The maximum Gasteiger partial charge on any atom is 0.216 e. The second kappa shape index (κ2) is 6.00. The maximum atomic E-state index is 11.4. The number of ether oxygens (including phenoxy) is 1. The van der Waals surface area contributed by atoms with Crippen LogP contribution in [0.3, 0.4) is 0 Å². The Morgan fingerprint density at radius 1 is 1.35 bits per heavy atom. The number of sulfonamides is 1. The molecule has 0 spiro atoms. The van der Waals surface area contributed by atoms with Gasteiger partial charge in [-0.25, -0.2) is 12.7 Å². The van der Waals surface area contributed by atoms with Gasteiger partial charge in [0.05, 0.1) is 12.4 Å². The molecule has 0 aliphatic carbocycles. The van der Waals surface area contributed by atoms with Crippen molar-refractivity contribution in [1.82, 2.24) is 4.31 Å². The number of aliphatic hydroxyl groups excluding tert-OH is 1. The van der Waals surface area contributed by atoms with E-state index in [2.05, 4.69) is 0 Å². The Morgan fingerprint density at radius 3 is 2.65 bits per heavy atom. The summed E-state index contributed by atoms with van der Waals surface area (Å²) < 4.78 is 29.4. The van der Waals surface area contributed by atoms with E-state index in [1.807, 2.05) is 0 Å². The molecule has 0 heterocycles. The van der Waals surface area contributed by atoms with E-state index in [4.69, 9.17) is 9.84 Å². The first kappa shape index (κ1) is 14.0. The summed E-state index contributed by atoms with van der Waals surface area (Å²) in [7, 11) is -0.249. The number of hydrogen-bond acceptors (Lipinski definition) is 4. The molecule has 0 saturated carbocycles. The summed E-state index contributed by atoms with van der Waals surface area (Å²) >= 11 is 0. The fourth-order valence-corrected chi connectivity index (χ4v) is 1.84. The monoisotopic (exact) mass is 259 g/mol. The zero-order valence-corrected chi connectivity index (χ0v) is 10.8. The van der Waals surface area contributed by atoms with Gasteiger partial charge in [-0.05, 0) is 17.7 Å². The van der Waals surface area contributed by atoms with E-state index in [9.17, 15) is 8.42 Å². The van der Waals surface area contributed by atoms with Gasteiger partial charge in [-0.2, -0.15) is 0 Å². The Kier molecular flexibility index (Phi) is 4.92. The van der Waals surface area contributed by atoms with Crippen molar-refractivity contribution in [3.63, 3.8) is 0 Å². The predicted molar refractivity (Wildman–Crippen MR) is 65.3 cm³/mol. The Labute approximate surface area is 102 Å². The summed E-state index contributed by atoms with van der Waals surface area (Å²) in [6, 6.07) is 6.93. The van der Waals surface area contributed by atoms with Gasteiger partial charge in [0.15, 0.2) is 0 Å². The molecular formula is C11H17NO4S. The largest absolute Gasteiger partial charge is 0.492 e. The zero-order valence-electron chi connectivity index (χ0n) is 9.96. The lowest BCUT2D eigenvalue weighted by Gasteiger charge is -2.12. The van der Waals surface area contributed by atoms with Crippen LogP contribution in [0.4, 0.5) is 0 Å². The number of aliphatic hydroxyl groups is 1. The molecule has 1 N–H and O–H groups in total. The molecule has 0 aliphatic heterocycles. The van der Waals surface area contributed by atoms with Gasteiger partial charge in [-0.1, -0.05) is 12.1 Å². The van der Waals surface area contributed by atoms with Crippen LogP contribution >= 0.6 is 0 Å². The van der Waals surface area contributed by atoms with E-state index >= 15 is 0 Å². The highest BCUT2D eigenvalue weighted by Gasteiger charge is 2.13. The van der Waals surface area contributed by atoms with Crippen LogP contribution in [0.1, 0.15) is 5.56 Å². The summed E-state index contributed by atoms with van der Waals surface area (Å²) in [5, 5.41) is 8.93. The van der Waals surface area contributed by atoms with Gasteiger partial charge in [0.2, 0.25) is 10.0 Å². The lowest BCUT2D eigenvalue weighted by atomic mass is 10.2. The molecule has 0 amide bonds. The van der Waals surface area contributed by atoms with Gasteiger partial charge in [0.25, 0.3) is 0 Å². The van der Waals surface area contributed by atoms with Gasteiger partial charge in [0.1, 0.15) is 12.4 Å². The molecule has 0 bridgehead atoms. The molecule has 0 radical (unpaired) electrons. The van der Waals surface area contributed by atoms with Crippen LogP contribution in [0, 0.1) is 0 Å².